The van der Waals surface area contributed by atoms with E-state index in [1.165, 1.54) is 22.9 Å². The quantitative estimate of drug-likeness (QED) is 0.169. The Bertz CT molecular complexity index is 712. The Morgan fingerprint density at radius 1 is 1.38 bits per heavy atom. The molecule has 0 radical (unpaired) electrons. The second-order valence-corrected chi connectivity index (χ2v) is 6.12. The number of unbranched alkanes of at least 4 members (excludes halogenated alkanes) is 1. The largest absolute Gasteiger partial charge is 0.351 e. The topological polar surface area (TPSA) is 95.9 Å². The van der Waals surface area contributed by atoms with E-state index < -0.39 is 0 Å². The van der Waals surface area contributed by atoms with Crippen LogP contribution in [0.4, 0.5) is 5.13 Å². The van der Waals surface area contributed by atoms with E-state index in [-0.39, 0.29) is 5.91 Å². The molecule has 2 rings (SSSR count). The van der Waals surface area contributed by atoms with Crippen molar-refractivity contribution in [2.24, 2.45) is 5.84 Å². The monoisotopic (exact) mass is 347 g/mol. The van der Waals surface area contributed by atoms with Gasteiger partial charge in [-0.1, -0.05) is 35.7 Å². The fourth-order valence-corrected chi connectivity index (χ4v) is 2.65. The van der Waals surface area contributed by atoms with Gasteiger partial charge >= 0.3 is 5.13 Å². The molecule has 8 heteroatoms. The molecule has 0 fully saturated rings. The van der Waals surface area contributed by atoms with Gasteiger partial charge in [-0.25, -0.2) is 4.98 Å². The number of nitrogens with one attached hydrogen (secondary N) is 2. The van der Waals surface area contributed by atoms with Crippen molar-refractivity contribution in [3.63, 3.8) is 0 Å². The van der Waals surface area contributed by atoms with Gasteiger partial charge in [-0.15, -0.1) is 4.68 Å². The first-order valence-electron chi connectivity index (χ1n) is 7.87. The highest BCUT2D eigenvalue weighted by atomic mass is 32.1. The molecule has 2 aromatic heterocycles. The first-order chi connectivity index (χ1) is 11.6. The Morgan fingerprint density at radius 3 is 2.96 bits per heavy atom. The zero-order valence-corrected chi connectivity index (χ0v) is 14.8. The van der Waals surface area contributed by atoms with Gasteiger partial charge in [0.25, 0.3) is 0 Å². The highest BCUT2D eigenvalue weighted by molar-refractivity contribution is 7.13. The van der Waals surface area contributed by atoms with E-state index in [1.807, 2.05) is 23.6 Å². The van der Waals surface area contributed by atoms with Crippen LogP contribution in [0.3, 0.4) is 0 Å². The van der Waals surface area contributed by atoms with E-state index >= 15 is 0 Å². The maximum absolute atomic E-state index is 11.0. The van der Waals surface area contributed by atoms with Gasteiger partial charge in [0.05, 0.1) is 18.8 Å². The van der Waals surface area contributed by atoms with E-state index in [4.69, 9.17) is 5.84 Å². The molecule has 0 spiro atoms. The lowest BCUT2D eigenvalue weighted by Crippen LogP contribution is -2.25. The molecule has 0 bridgehead atoms. The Morgan fingerprint density at radius 2 is 2.21 bits per heavy atom. The van der Waals surface area contributed by atoms with E-state index in [0.717, 1.165) is 36.5 Å². The zero-order valence-electron chi connectivity index (χ0n) is 14.0. The lowest BCUT2D eigenvalue weighted by molar-refractivity contribution is -0.449. The molecule has 128 valence electrons. The highest BCUT2D eigenvalue weighted by Gasteiger charge is 2.14. The minimum absolute atomic E-state index is 0.0805. The number of hydrogen-bond acceptors (Lipinski definition) is 5. The van der Waals surface area contributed by atoms with Crippen molar-refractivity contribution >= 4 is 28.7 Å². The SMILES string of the molecule is CCCCNC=[N+](N)c1nc(-c2cccc(CNC(C)=O)n2)cs1. The average molecular weight is 347 g/mol. The smallest absolute Gasteiger partial charge is 0.343 e. The number of carbonyl (C=O) groups excluding carboxylic acids is 1. The summed E-state index contributed by atoms with van der Waals surface area (Å²) in [5.41, 5.74) is 2.31. The molecule has 0 aliphatic heterocycles. The molecule has 0 saturated carbocycles. The van der Waals surface area contributed by atoms with Gasteiger partial charge in [0.1, 0.15) is 5.69 Å². The minimum Gasteiger partial charge on any atom is -0.351 e. The van der Waals surface area contributed by atoms with Crippen molar-refractivity contribution in [3.8, 4) is 11.4 Å². The number of amides is 1. The van der Waals surface area contributed by atoms with Crippen molar-refractivity contribution in [1.82, 2.24) is 20.6 Å². The van der Waals surface area contributed by atoms with Crippen molar-refractivity contribution < 1.29 is 9.48 Å². The molecule has 1 amide bonds. The molecule has 7 nitrogen and oxygen atoms in total. The maximum Gasteiger partial charge on any atom is 0.343 e. The van der Waals surface area contributed by atoms with Gasteiger partial charge in [0, 0.05) is 12.3 Å². The van der Waals surface area contributed by atoms with Crippen LogP contribution in [0, 0.1) is 0 Å². The van der Waals surface area contributed by atoms with Gasteiger partial charge in [-0.05, 0) is 18.6 Å². The van der Waals surface area contributed by atoms with Crippen LogP contribution >= 0.6 is 11.3 Å². The number of thiazole rings is 1. The molecule has 0 atom stereocenters. The molecular weight excluding hydrogens is 324 g/mol. The molecule has 0 saturated heterocycles. The number of nitrogens with two attached hydrogens (primary N) is 1. The summed E-state index contributed by atoms with van der Waals surface area (Å²) in [5, 5.41) is 8.49. The van der Waals surface area contributed by atoms with Crippen LogP contribution in [0.2, 0.25) is 0 Å². The van der Waals surface area contributed by atoms with Gasteiger partial charge in [-0.3, -0.25) is 10.6 Å². The second-order valence-electron chi connectivity index (χ2n) is 5.28. The number of hydrazone groups is 1. The van der Waals surface area contributed by atoms with E-state index in [1.54, 1.807) is 6.34 Å². The Kier molecular flexibility index (Phi) is 6.68. The van der Waals surface area contributed by atoms with Crippen LogP contribution in [0.5, 0.6) is 0 Å². The van der Waals surface area contributed by atoms with E-state index in [9.17, 15) is 4.79 Å². The third-order valence-electron chi connectivity index (χ3n) is 3.21. The summed E-state index contributed by atoms with van der Waals surface area (Å²) in [7, 11) is 0. The minimum atomic E-state index is -0.0805. The fourth-order valence-electron chi connectivity index (χ4n) is 1.93. The molecule has 0 aliphatic carbocycles. The van der Waals surface area contributed by atoms with Crippen LogP contribution in [0.15, 0.2) is 23.6 Å². The summed E-state index contributed by atoms with van der Waals surface area (Å²) in [4.78, 5) is 20.0. The molecule has 2 aromatic rings. The molecule has 4 N–H and O–H groups in total. The van der Waals surface area contributed by atoms with Crippen LogP contribution in [0.25, 0.3) is 11.4 Å². The number of pyridine rings is 1. The Balaban J connectivity index is 2.07. The number of aromatic nitrogens is 2. The third kappa shape index (κ3) is 5.31. The van der Waals surface area contributed by atoms with Gasteiger partial charge < -0.3 is 10.6 Å². The summed E-state index contributed by atoms with van der Waals surface area (Å²) in [6.45, 7) is 4.91. The third-order valence-corrected chi connectivity index (χ3v) is 4.06. The van der Waals surface area contributed by atoms with Gasteiger partial charge in [-0.2, -0.15) is 0 Å². The Hall–Kier alpha value is -2.48. The number of hydrogen-bond donors (Lipinski definition) is 3. The normalized spacial score (nSPS) is 11.3. The van der Waals surface area contributed by atoms with Crippen molar-refractivity contribution in [1.29, 1.82) is 0 Å². The van der Waals surface area contributed by atoms with Crippen LogP contribution in [-0.2, 0) is 11.3 Å². The summed E-state index contributed by atoms with van der Waals surface area (Å²) < 4.78 is 1.48. The molecular formula is C16H23N6OS+. The number of rotatable bonds is 8. The second kappa shape index (κ2) is 8.97. The lowest BCUT2D eigenvalue weighted by Gasteiger charge is -2.02. The van der Waals surface area contributed by atoms with Gasteiger partial charge in [0.15, 0.2) is 5.69 Å². The van der Waals surface area contributed by atoms with Crippen LogP contribution in [0.1, 0.15) is 32.4 Å². The highest BCUT2D eigenvalue weighted by Crippen LogP contribution is 2.24. The molecule has 0 unspecified atom stereocenters. The van der Waals surface area contributed by atoms with Crippen molar-refractivity contribution in [3.05, 3.63) is 29.3 Å². The first-order valence-corrected chi connectivity index (χ1v) is 8.75. The number of carbonyl (C=O) groups is 1. The summed E-state index contributed by atoms with van der Waals surface area (Å²) in [6, 6.07) is 5.66. The number of nitrogens with zero attached hydrogens (tertiary/aromatic N) is 3. The van der Waals surface area contributed by atoms with E-state index in [2.05, 4.69) is 27.5 Å². The lowest BCUT2D eigenvalue weighted by atomic mass is 10.2. The fraction of sp³-hybridized carbons (Fsp3) is 0.375. The zero-order chi connectivity index (χ0) is 17.4. The summed E-state index contributed by atoms with van der Waals surface area (Å²) in [6.07, 6.45) is 3.95. The van der Waals surface area contributed by atoms with Crippen molar-refractivity contribution in [2.75, 3.05) is 6.54 Å². The first kappa shape index (κ1) is 17.9. The predicted octanol–water partition coefficient (Wildman–Crippen LogP) is 1.78. The molecule has 0 aliphatic rings. The summed E-state index contributed by atoms with van der Waals surface area (Å²) in [5.74, 6) is 5.89. The average Bonchev–Trinajstić information content (AvgIpc) is 3.07. The van der Waals surface area contributed by atoms with Crippen molar-refractivity contribution in [2.45, 2.75) is 33.2 Å². The molecule has 2 heterocycles. The maximum atomic E-state index is 11.0. The predicted molar refractivity (Wildman–Crippen MR) is 95.9 cm³/mol. The molecule has 24 heavy (non-hydrogen) atoms. The standard InChI is InChI=1S/C16H22N6OS/c1-3-4-8-18-11-22(17)16-21-15(10-24-16)14-7-5-6-13(20-14)9-19-12(2)23/h5-7,10-11H,3-4,8-9,17H2,1-2H3,(H,19,23)/p+1. The van der Waals surface area contributed by atoms with Crippen LogP contribution < -0.4 is 16.5 Å². The van der Waals surface area contributed by atoms with E-state index in [0.29, 0.717) is 11.7 Å². The Labute approximate surface area is 145 Å². The number of hydrazine groups is 1. The molecule has 0 aromatic carbocycles. The van der Waals surface area contributed by atoms with Crippen LogP contribution in [-0.4, -0.2) is 33.4 Å². The van der Waals surface area contributed by atoms with Gasteiger partial charge in [0.2, 0.25) is 12.2 Å². The summed E-state index contributed by atoms with van der Waals surface area (Å²) >= 11 is 1.45.